The molecule has 1 heterocycles. The van der Waals surface area contributed by atoms with E-state index in [4.69, 9.17) is 9.47 Å². The fraction of sp³-hybridized carbons (Fsp3) is 0.562. The van der Waals surface area contributed by atoms with Gasteiger partial charge in [0.25, 0.3) is 0 Å². The maximum absolute atomic E-state index is 12.0. The molecule has 0 saturated carbocycles. The molecule has 1 atom stereocenters. The quantitative estimate of drug-likeness (QED) is 0.834. The zero-order valence-electron chi connectivity index (χ0n) is 12.8. The van der Waals surface area contributed by atoms with Crippen LogP contribution in [-0.4, -0.2) is 39.3 Å². The van der Waals surface area contributed by atoms with E-state index in [9.17, 15) is 4.79 Å². The monoisotopic (exact) mass is 292 g/mol. The Morgan fingerprint density at radius 3 is 2.76 bits per heavy atom. The van der Waals surface area contributed by atoms with Crippen LogP contribution in [-0.2, 0) is 11.2 Å². The van der Waals surface area contributed by atoms with Crippen molar-refractivity contribution >= 4 is 5.91 Å². The summed E-state index contributed by atoms with van der Waals surface area (Å²) < 4.78 is 10.4. The average Bonchev–Trinajstić information content (AvgIpc) is 2.53. The van der Waals surface area contributed by atoms with E-state index in [0.717, 1.165) is 18.5 Å². The number of methoxy groups -OCH3 is 2. The van der Waals surface area contributed by atoms with Crippen LogP contribution in [0.15, 0.2) is 18.2 Å². The third kappa shape index (κ3) is 4.63. The van der Waals surface area contributed by atoms with E-state index in [-0.39, 0.29) is 5.91 Å². The molecule has 1 aliphatic heterocycles. The van der Waals surface area contributed by atoms with Crippen LogP contribution in [0.1, 0.15) is 24.8 Å². The molecular formula is C16H24N2O3. The summed E-state index contributed by atoms with van der Waals surface area (Å²) in [6.45, 7) is 1.75. The van der Waals surface area contributed by atoms with Gasteiger partial charge >= 0.3 is 0 Å². The molecule has 21 heavy (non-hydrogen) atoms. The number of benzene rings is 1. The maximum atomic E-state index is 12.0. The van der Waals surface area contributed by atoms with Gasteiger partial charge in [-0.1, -0.05) is 12.5 Å². The molecule has 0 spiro atoms. The summed E-state index contributed by atoms with van der Waals surface area (Å²) in [6.07, 6.45) is 3.96. The highest BCUT2D eigenvalue weighted by molar-refractivity contribution is 5.78. The van der Waals surface area contributed by atoms with Gasteiger partial charge in [0.05, 0.1) is 20.6 Å². The first-order valence-corrected chi connectivity index (χ1v) is 7.44. The zero-order valence-corrected chi connectivity index (χ0v) is 12.8. The lowest BCUT2D eigenvalue weighted by atomic mass is 10.0. The Balaban J connectivity index is 1.84. The SMILES string of the molecule is COc1ccc(CC(=O)NCC2CCCCN2)cc1OC. The number of amides is 1. The normalized spacial score (nSPS) is 18.1. The first-order valence-electron chi connectivity index (χ1n) is 7.44. The van der Waals surface area contributed by atoms with Gasteiger partial charge in [-0.25, -0.2) is 0 Å². The molecular weight excluding hydrogens is 268 g/mol. The molecule has 1 aliphatic rings. The van der Waals surface area contributed by atoms with Crippen molar-refractivity contribution in [2.75, 3.05) is 27.3 Å². The molecule has 1 unspecified atom stereocenters. The van der Waals surface area contributed by atoms with Crippen molar-refractivity contribution in [2.45, 2.75) is 31.7 Å². The molecule has 0 radical (unpaired) electrons. The molecule has 0 aromatic heterocycles. The summed E-state index contributed by atoms with van der Waals surface area (Å²) in [4.78, 5) is 12.0. The molecule has 2 rings (SSSR count). The Labute approximate surface area is 126 Å². The summed E-state index contributed by atoms with van der Waals surface area (Å²) in [7, 11) is 3.19. The van der Waals surface area contributed by atoms with Crippen LogP contribution in [0.5, 0.6) is 11.5 Å². The Bertz CT molecular complexity index is 471. The molecule has 0 aliphatic carbocycles. The smallest absolute Gasteiger partial charge is 0.224 e. The van der Waals surface area contributed by atoms with E-state index in [0.29, 0.717) is 30.5 Å². The summed E-state index contributed by atoms with van der Waals surface area (Å²) >= 11 is 0. The van der Waals surface area contributed by atoms with Crippen molar-refractivity contribution in [1.29, 1.82) is 0 Å². The number of carbonyl (C=O) groups is 1. The molecule has 5 heteroatoms. The minimum Gasteiger partial charge on any atom is -0.493 e. The van der Waals surface area contributed by atoms with Gasteiger partial charge < -0.3 is 20.1 Å². The lowest BCUT2D eigenvalue weighted by Gasteiger charge is -2.23. The Morgan fingerprint density at radius 2 is 2.10 bits per heavy atom. The third-order valence-corrected chi connectivity index (χ3v) is 3.77. The van der Waals surface area contributed by atoms with Crippen LogP contribution >= 0.6 is 0 Å². The summed E-state index contributed by atoms with van der Waals surface area (Å²) in [6, 6.07) is 5.97. The van der Waals surface area contributed by atoms with Gasteiger partial charge in [0.15, 0.2) is 11.5 Å². The number of nitrogens with one attached hydrogen (secondary N) is 2. The highest BCUT2D eigenvalue weighted by atomic mass is 16.5. The summed E-state index contributed by atoms with van der Waals surface area (Å²) in [5, 5.41) is 6.41. The minimum absolute atomic E-state index is 0.0367. The van der Waals surface area contributed by atoms with Gasteiger partial charge in [0.2, 0.25) is 5.91 Å². The number of piperidine rings is 1. The van der Waals surface area contributed by atoms with Crippen molar-refractivity contribution in [2.24, 2.45) is 0 Å². The van der Waals surface area contributed by atoms with Crippen LogP contribution < -0.4 is 20.1 Å². The lowest BCUT2D eigenvalue weighted by Crippen LogP contribution is -2.43. The Morgan fingerprint density at radius 1 is 1.29 bits per heavy atom. The summed E-state index contributed by atoms with van der Waals surface area (Å²) in [5.74, 6) is 1.36. The van der Waals surface area contributed by atoms with Crippen molar-refractivity contribution in [3.63, 3.8) is 0 Å². The highest BCUT2D eigenvalue weighted by Crippen LogP contribution is 2.27. The predicted molar refractivity (Wildman–Crippen MR) is 81.9 cm³/mol. The topological polar surface area (TPSA) is 59.6 Å². The molecule has 116 valence electrons. The van der Waals surface area contributed by atoms with Crippen LogP contribution in [0.3, 0.4) is 0 Å². The zero-order chi connectivity index (χ0) is 15.1. The average molecular weight is 292 g/mol. The van der Waals surface area contributed by atoms with E-state index in [1.54, 1.807) is 14.2 Å². The van der Waals surface area contributed by atoms with Gasteiger partial charge in [-0.05, 0) is 37.1 Å². The standard InChI is InChI=1S/C16H24N2O3/c1-20-14-7-6-12(9-15(14)21-2)10-16(19)18-11-13-5-3-4-8-17-13/h6-7,9,13,17H,3-5,8,10-11H2,1-2H3,(H,18,19). The van der Waals surface area contributed by atoms with Gasteiger partial charge in [-0.2, -0.15) is 0 Å². The van der Waals surface area contributed by atoms with E-state index in [2.05, 4.69) is 10.6 Å². The number of rotatable bonds is 6. The number of hydrogen-bond donors (Lipinski definition) is 2. The van der Waals surface area contributed by atoms with Crippen LogP contribution in [0, 0.1) is 0 Å². The summed E-state index contributed by atoms with van der Waals surface area (Å²) in [5.41, 5.74) is 0.918. The van der Waals surface area contributed by atoms with Gasteiger partial charge in [0.1, 0.15) is 0 Å². The van der Waals surface area contributed by atoms with Gasteiger partial charge in [-0.3, -0.25) is 4.79 Å². The second kappa shape index (κ2) is 7.88. The van der Waals surface area contributed by atoms with E-state index < -0.39 is 0 Å². The fourth-order valence-corrected chi connectivity index (χ4v) is 2.57. The molecule has 1 saturated heterocycles. The van der Waals surface area contributed by atoms with Crippen LogP contribution in [0.25, 0.3) is 0 Å². The second-order valence-corrected chi connectivity index (χ2v) is 5.32. The fourth-order valence-electron chi connectivity index (χ4n) is 2.57. The van der Waals surface area contributed by atoms with Crippen molar-refractivity contribution in [3.8, 4) is 11.5 Å². The molecule has 0 bridgehead atoms. The first kappa shape index (κ1) is 15.6. The molecule has 2 N–H and O–H groups in total. The van der Waals surface area contributed by atoms with E-state index >= 15 is 0 Å². The largest absolute Gasteiger partial charge is 0.493 e. The minimum atomic E-state index is 0.0367. The number of hydrogen-bond acceptors (Lipinski definition) is 4. The van der Waals surface area contributed by atoms with Crippen molar-refractivity contribution in [1.82, 2.24) is 10.6 Å². The lowest BCUT2D eigenvalue weighted by molar-refractivity contribution is -0.120. The van der Waals surface area contributed by atoms with Gasteiger partial charge in [0, 0.05) is 12.6 Å². The maximum Gasteiger partial charge on any atom is 0.224 e. The van der Waals surface area contributed by atoms with Crippen molar-refractivity contribution in [3.05, 3.63) is 23.8 Å². The Hall–Kier alpha value is -1.75. The second-order valence-electron chi connectivity index (χ2n) is 5.32. The third-order valence-electron chi connectivity index (χ3n) is 3.77. The van der Waals surface area contributed by atoms with E-state index in [1.807, 2.05) is 18.2 Å². The highest BCUT2D eigenvalue weighted by Gasteiger charge is 2.14. The Kier molecular flexibility index (Phi) is 5.87. The number of carbonyl (C=O) groups excluding carboxylic acids is 1. The molecule has 5 nitrogen and oxygen atoms in total. The van der Waals surface area contributed by atoms with Crippen LogP contribution in [0.2, 0.25) is 0 Å². The van der Waals surface area contributed by atoms with Crippen molar-refractivity contribution < 1.29 is 14.3 Å². The molecule has 1 amide bonds. The van der Waals surface area contributed by atoms with Crippen LogP contribution in [0.4, 0.5) is 0 Å². The number of ether oxygens (including phenoxy) is 2. The predicted octanol–water partition coefficient (Wildman–Crippen LogP) is 1.50. The van der Waals surface area contributed by atoms with E-state index in [1.165, 1.54) is 12.8 Å². The molecule has 1 fully saturated rings. The molecule has 1 aromatic rings. The van der Waals surface area contributed by atoms with Gasteiger partial charge in [-0.15, -0.1) is 0 Å². The first-order chi connectivity index (χ1) is 10.2. The molecule has 1 aromatic carbocycles.